The van der Waals surface area contributed by atoms with Crippen molar-refractivity contribution in [3.8, 4) is 0 Å². The Morgan fingerprint density at radius 3 is 2.59 bits per heavy atom. The molecule has 1 amide bonds. The summed E-state index contributed by atoms with van der Waals surface area (Å²) in [6.07, 6.45) is 0.628. The second-order valence-corrected chi connectivity index (χ2v) is 8.71. The molecule has 2 rings (SSSR count). The highest BCUT2D eigenvalue weighted by Crippen LogP contribution is 2.39. The molecule has 6 nitrogen and oxygen atoms in total. The highest BCUT2D eigenvalue weighted by molar-refractivity contribution is 8.77. The fraction of sp³-hybridized carbons (Fsp3) is 0.929. The first-order valence-electron chi connectivity index (χ1n) is 7.77. The molecular weight excluding hydrogens is 326 g/mol. The van der Waals surface area contributed by atoms with Crippen LogP contribution in [0.3, 0.4) is 0 Å². The molecule has 2 aliphatic rings. The van der Waals surface area contributed by atoms with Crippen LogP contribution in [0.4, 0.5) is 0 Å². The van der Waals surface area contributed by atoms with Gasteiger partial charge in [-0.25, -0.2) is 0 Å². The first kappa shape index (κ1) is 18.4. The van der Waals surface area contributed by atoms with E-state index < -0.39 is 31.0 Å². The van der Waals surface area contributed by atoms with Crippen LogP contribution in [-0.4, -0.2) is 79.7 Å². The van der Waals surface area contributed by atoms with Gasteiger partial charge in [-0.1, -0.05) is 28.0 Å². The maximum Gasteiger partial charge on any atom is 0.223 e. The predicted octanol–water partition coefficient (Wildman–Crippen LogP) is -0.0137. The summed E-state index contributed by atoms with van der Waals surface area (Å²) in [7, 11) is 3.84. The highest BCUT2D eigenvalue weighted by atomic mass is 33.1. The second-order valence-electron chi connectivity index (χ2n) is 5.92. The van der Waals surface area contributed by atoms with Crippen LogP contribution in [0, 0.1) is 0 Å². The number of carbonyl (C=O) groups excluding carboxylic acids is 1. The number of hydrogen-bond donors (Lipinski definition) is 4. The molecule has 0 saturated carbocycles. The molecule has 4 N–H and O–H groups in total. The molecule has 0 aromatic rings. The minimum absolute atomic E-state index is 0.0442. The van der Waals surface area contributed by atoms with E-state index in [2.05, 4.69) is 0 Å². The number of carbonyl (C=O) groups is 1. The lowest BCUT2D eigenvalue weighted by atomic mass is 9.93. The molecule has 2 fully saturated rings. The van der Waals surface area contributed by atoms with Crippen LogP contribution >= 0.6 is 21.6 Å². The summed E-state index contributed by atoms with van der Waals surface area (Å²) in [4.78, 5) is 13.6. The molecule has 0 radical (unpaired) electrons. The van der Waals surface area contributed by atoms with Gasteiger partial charge in [-0.15, -0.1) is 0 Å². The summed E-state index contributed by atoms with van der Waals surface area (Å²) in [5.41, 5.74) is 0. The minimum Gasteiger partial charge on any atom is -0.394 e. The van der Waals surface area contributed by atoms with Gasteiger partial charge in [-0.05, 0) is 19.3 Å². The third-order valence-electron chi connectivity index (χ3n) is 4.32. The number of likely N-dealkylation sites (tertiary alicyclic amines) is 1. The van der Waals surface area contributed by atoms with Crippen LogP contribution in [0.15, 0.2) is 0 Å². The summed E-state index contributed by atoms with van der Waals surface area (Å²) in [5, 5.41) is 39.2. The predicted molar refractivity (Wildman–Crippen MR) is 87.5 cm³/mol. The summed E-state index contributed by atoms with van der Waals surface area (Å²) < 4.78 is 0. The van der Waals surface area contributed by atoms with E-state index in [4.69, 9.17) is 0 Å². The number of rotatable bonds is 6. The molecule has 0 spiro atoms. The highest BCUT2D eigenvalue weighted by Gasteiger charge is 2.42. The molecule has 8 heteroatoms. The van der Waals surface area contributed by atoms with Crippen molar-refractivity contribution in [1.82, 2.24) is 4.90 Å². The Hall–Kier alpha value is 0.01000. The molecule has 2 aliphatic heterocycles. The quantitative estimate of drug-likeness (QED) is 0.394. The van der Waals surface area contributed by atoms with Crippen LogP contribution in [-0.2, 0) is 4.79 Å². The van der Waals surface area contributed by atoms with Gasteiger partial charge in [0.2, 0.25) is 5.91 Å². The lowest BCUT2D eigenvalue weighted by molar-refractivity contribution is -0.166. The smallest absolute Gasteiger partial charge is 0.223 e. The number of amides is 1. The van der Waals surface area contributed by atoms with Gasteiger partial charge in [0.1, 0.15) is 18.3 Å². The van der Waals surface area contributed by atoms with E-state index >= 15 is 0 Å². The first-order valence-corrected chi connectivity index (χ1v) is 10.2. The van der Waals surface area contributed by atoms with Crippen LogP contribution in [0.1, 0.15) is 32.1 Å². The van der Waals surface area contributed by atoms with Crippen LogP contribution < -0.4 is 0 Å². The van der Waals surface area contributed by atoms with Crippen molar-refractivity contribution in [3.05, 3.63) is 0 Å². The van der Waals surface area contributed by atoms with Gasteiger partial charge in [0.15, 0.2) is 0 Å². The molecule has 0 aromatic heterocycles. The number of aliphatic hydroxyl groups is 4. The van der Waals surface area contributed by atoms with Crippen LogP contribution in [0.5, 0.6) is 0 Å². The Morgan fingerprint density at radius 2 is 1.95 bits per heavy atom. The number of hydrogen-bond acceptors (Lipinski definition) is 7. The van der Waals surface area contributed by atoms with Gasteiger partial charge in [0.05, 0.1) is 12.6 Å². The Kier molecular flexibility index (Phi) is 7.30. The average Bonchev–Trinajstić information content (AvgIpc) is 3.02. The fourth-order valence-electron chi connectivity index (χ4n) is 2.93. The molecule has 0 bridgehead atoms. The van der Waals surface area contributed by atoms with Crippen molar-refractivity contribution in [3.63, 3.8) is 0 Å². The number of unbranched alkanes of at least 4 members (excludes halogenated alkanes) is 1. The van der Waals surface area contributed by atoms with Gasteiger partial charge in [-0.2, -0.15) is 0 Å². The molecule has 128 valence electrons. The van der Waals surface area contributed by atoms with Crippen molar-refractivity contribution in [2.24, 2.45) is 0 Å². The van der Waals surface area contributed by atoms with E-state index in [9.17, 15) is 25.2 Å². The molecule has 2 saturated heterocycles. The van der Waals surface area contributed by atoms with E-state index in [0.717, 1.165) is 19.3 Å². The van der Waals surface area contributed by atoms with Crippen molar-refractivity contribution in [2.45, 2.75) is 61.7 Å². The summed E-state index contributed by atoms with van der Waals surface area (Å²) in [5.74, 6) is 1.02. The molecule has 2 heterocycles. The number of nitrogens with zero attached hydrogens (tertiary/aromatic N) is 1. The summed E-state index contributed by atoms with van der Waals surface area (Å²) in [6, 6.07) is -0.840. The molecule has 0 unspecified atom stereocenters. The fourth-order valence-corrected chi connectivity index (χ4v) is 5.96. The van der Waals surface area contributed by atoms with Gasteiger partial charge in [0.25, 0.3) is 0 Å². The van der Waals surface area contributed by atoms with Gasteiger partial charge < -0.3 is 25.3 Å². The Balaban J connectivity index is 1.77. The van der Waals surface area contributed by atoms with Crippen molar-refractivity contribution >= 4 is 27.5 Å². The SMILES string of the molecule is O=C(CCCC[C@@H]1CCSS1)N1C[C@H](O)[C@@H](O)[C@H](O)[C@H]1CO. The maximum absolute atomic E-state index is 12.3. The standard InChI is InChI=1S/C14H25NO5S2/c16-8-10-13(19)14(20)11(17)7-15(10)12(18)4-2-1-3-9-5-6-21-22-9/h9-11,13-14,16-17,19-20H,1-8H2/t9-,10-,11+,13-,14-/m1/s1. The molecule has 0 aromatic carbocycles. The Labute approximate surface area is 138 Å². The van der Waals surface area contributed by atoms with Crippen LogP contribution in [0.25, 0.3) is 0 Å². The zero-order chi connectivity index (χ0) is 16.1. The average molecular weight is 351 g/mol. The lowest BCUT2D eigenvalue weighted by Crippen LogP contribution is -2.63. The third-order valence-corrected chi connectivity index (χ3v) is 7.33. The molecular formula is C14H25NO5S2. The van der Waals surface area contributed by atoms with Crippen molar-refractivity contribution in [2.75, 3.05) is 18.9 Å². The maximum atomic E-state index is 12.3. The van der Waals surface area contributed by atoms with E-state index in [1.165, 1.54) is 17.1 Å². The minimum atomic E-state index is -1.32. The largest absolute Gasteiger partial charge is 0.394 e. The van der Waals surface area contributed by atoms with E-state index in [-0.39, 0.29) is 12.5 Å². The van der Waals surface area contributed by atoms with E-state index in [1.54, 1.807) is 0 Å². The Bertz CT molecular complexity index is 367. The summed E-state index contributed by atoms with van der Waals surface area (Å²) >= 11 is 0. The normalized spacial score (nSPS) is 35.8. The topological polar surface area (TPSA) is 101 Å². The van der Waals surface area contributed by atoms with E-state index in [0.29, 0.717) is 11.7 Å². The van der Waals surface area contributed by atoms with Gasteiger partial charge in [0, 0.05) is 24.0 Å². The first-order chi connectivity index (χ1) is 10.5. The third kappa shape index (κ3) is 4.52. The van der Waals surface area contributed by atoms with Gasteiger partial charge >= 0.3 is 0 Å². The summed E-state index contributed by atoms with van der Waals surface area (Å²) in [6.45, 7) is -0.468. The zero-order valence-corrected chi connectivity index (χ0v) is 14.1. The number of β-amino-alcohol motifs (C(OH)–C–C–N with tert-alkyl or cyclic N) is 1. The number of aliphatic hydroxyl groups excluding tert-OH is 4. The lowest BCUT2D eigenvalue weighted by Gasteiger charge is -2.43. The van der Waals surface area contributed by atoms with Crippen molar-refractivity contribution in [1.29, 1.82) is 0 Å². The van der Waals surface area contributed by atoms with Crippen molar-refractivity contribution < 1.29 is 25.2 Å². The molecule has 22 heavy (non-hydrogen) atoms. The monoisotopic (exact) mass is 351 g/mol. The second kappa shape index (κ2) is 8.75. The van der Waals surface area contributed by atoms with Crippen LogP contribution in [0.2, 0.25) is 0 Å². The van der Waals surface area contributed by atoms with E-state index in [1.807, 2.05) is 21.6 Å². The molecule has 0 aliphatic carbocycles. The zero-order valence-electron chi connectivity index (χ0n) is 12.5. The Morgan fingerprint density at radius 1 is 1.18 bits per heavy atom. The molecule has 5 atom stereocenters. The number of piperidine rings is 1. The van der Waals surface area contributed by atoms with Gasteiger partial charge in [-0.3, -0.25) is 4.79 Å².